The number of carbonyl (C=O) groups excluding carboxylic acids is 1. The zero-order chi connectivity index (χ0) is 17.1. The molecule has 5 heteroatoms. The number of hydrogen-bond donors (Lipinski definition) is 1. The summed E-state index contributed by atoms with van der Waals surface area (Å²) >= 11 is 0. The van der Waals surface area contributed by atoms with Gasteiger partial charge in [-0.1, -0.05) is 36.4 Å². The Balaban J connectivity index is 0.00000225. The van der Waals surface area contributed by atoms with Crippen LogP contribution in [0.3, 0.4) is 0 Å². The monoisotopic (exact) mass is 354 g/mol. The summed E-state index contributed by atoms with van der Waals surface area (Å²) in [5.74, 6) is -0.395. The van der Waals surface area contributed by atoms with Gasteiger partial charge in [0.05, 0.1) is 0 Å². The summed E-state index contributed by atoms with van der Waals surface area (Å²) < 4.78 is 1.92. The summed E-state index contributed by atoms with van der Waals surface area (Å²) in [7, 11) is 0. The van der Waals surface area contributed by atoms with E-state index in [0.29, 0.717) is 11.4 Å². The number of carbonyl (C=O) groups is 1. The van der Waals surface area contributed by atoms with Gasteiger partial charge in [-0.25, -0.2) is 0 Å². The molecule has 1 aromatic heterocycles. The quantitative estimate of drug-likeness (QED) is 0.768. The molecule has 2 aromatic carbocycles. The van der Waals surface area contributed by atoms with Crippen molar-refractivity contribution >= 4 is 24.0 Å². The number of aryl methyl sites for hydroxylation is 1. The average Bonchev–Trinajstić information content (AvgIpc) is 2.56. The maximum Gasteiger partial charge on any atom is 0.261 e. The van der Waals surface area contributed by atoms with Gasteiger partial charge < -0.3 is 9.88 Å². The first kappa shape index (κ1) is 18.5. The summed E-state index contributed by atoms with van der Waals surface area (Å²) in [5.41, 5.74) is 2.88. The number of anilines is 1. The van der Waals surface area contributed by atoms with Gasteiger partial charge in [-0.15, -0.1) is 12.4 Å². The molecule has 0 aliphatic carbocycles. The Morgan fingerprint density at radius 2 is 1.48 bits per heavy atom. The standard InChI is InChI=1S/C20H18N2O2.ClH/c1-14-13-18(23)19(20(24)21-16-9-5-3-6-10-16)15(2)22(14)17-11-7-4-8-12-17;/h3-13H,1-2H3,(H,21,24);1H. The normalized spacial score (nSPS) is 10.0. The molecule has 0 spiro atoms. The molecule has 0 atom stereocenters. The fourth-order valence-electron chi connectivity index (χ4n) is 2.85. The van der Waals surface area contributed by atoms with Crippen molar-refractivity contribution in [3.05, 3.63) is 93.9 Å². The molecular weight excluding hydrogens is 336 g/mol. The van der Waals surface area contributed by atoms with Gasteiger partial charge in [-0.3, -0.25) is 9.59 Å². The van der Waals surface area contributed by atoms with Crippen LogP contribution >= 0.6 is 12.4 Å². The minimum atomic E-state index is -0.395. The first-order valence-corrected chi connectivity index (χ1v) is 7.73. The van der Waals surface area contributed by atoms with Crippen LogP contribution in [0.5, 0.6) is 0 Å². The molecule has 0 unspecified atom stereocenters. The molecule has 128 valence electrons. The third-order valence-corrected chi connectivity index (χ3v) is 3.91. The number of nitrogens with zero attached hydrogens (tertiary/aromatic N) is 1. The molecule has 0 bridgehead atoms. The highest BCUT2D eigenvalue weighted by Crippen LogP contribution is 2.17. The SMILES string of the molecule is Cc1cc(=O)c(C(=O)Nc2ccccc2)c(C)n1-c1ccccc1.Cl. The lowest BCUT2D eigenvalue weighted by Gasteiger charge is -2.17. The van der Waals surface area contributed by atoms with Crippen LogP contribution in [0.4, 0.5) is 5.69 Å². The Morgan fingerprint density at radius 1 is 0.920 bits per heavy atom. The van der Waals surface area contributed by atoms with Crippen LogP contribution < -0.4 is 10.7 Å². The first-order valence-electron chi connectivity index (χ1n) is 7.73. The Kier molecular flexibility index (Phi) is 5.78. The van der Waals surface area contributed by atoms with Gasteiger partial charge in [0, 0.05) is 28.8 Å². The molecule has 0 fully saturated rings. The number of nitrogens with one attached hydrogen (secondary N) is 1. The molecule has 3 aromatic rings. The van der Waals surface area contributed by atoms with E-state index in [1.807, 2.05) is 60.0 Å². The minimum absolute atomic E-state index is 0. The van der Waals surface area contributed by atoms with Crippen LogP contribution in [-0.2, 0) is 0 Å². The Morgan fingerprint density at radius 3 is 2.08 bits per heavy atom. The van der Waals surface area contributed by atoms with Crippen LogP contribution in [0.2, 0.25) is 0 Å². The number of halogens is 1. The van der Waals surface area contributed by atoms with Gasteiger partial charge >= 0.3 is 0 Å². The third-order valence-electron chi connectivity index (χ3n) is 3.91. The maximum atomic E-state index is 12.6. The summed E-state index contributed by atoms with van der Waals surface area (Å²) in [6.07, 6.45) is 0. The Bertz CT molecular complexity index is 935. The predicted molar refractivity (Wildman–Crippen MR) is 103 cm³/mol. The largest absolute Gasteiger partial charge is 0.322 e. The minimum Gasteiger partial charge on any atom is -0.322 e. The molecule has 25 heavy (non-hydrogen) atoms. The van der Waals surface area contributed by atoms with E-state index in [4.69, 9.17) is 0 Å². The molecule has 0 aliphatic heterocycles. The highest BCUT2D eigenvalue weighted by molar-refractivity contribution is 6.05. The number of benzene rings is 2. The van der Waals surface area contributed by atoms with Crippen molar-refractivity contribution in [1.29, 1.82) is 0 Å². The van der Waals surface area contributed by atoms with E-state index in [2.05, 4.69) is 5.32 Å². The van der Waals surface area contributed by atoms with Crippen LogP contribution in [0.25, 0.3) is 5.69 Å². The van der Waals surface area contributed by atoms with E-state index >= 15 is 0 Å². The Labute approximate surface area is 152 Å². The molecular formula is C20H19ClN2O2. The van der Waals surface area contributed by atoms with Crippen molar-refractivity contribution in [2.75, 3.05) is 5.32 Å². The van der Waals surface area contributed by atoms with E-state index in [9.17, 15) is 9.59 Å². The Hall–Kier alpha value is -2.85. The van der Waals surface area contributed by atoms with E-state index < -0.39 is 5.91 Å². The molecule has 1 N–H and O–H groups in total. The molecule has 1 amide bonds. The van der Waals surface area contributed by atoms with Crippen molar-refractivity contribution in [1.82, 2.24) is 4.57 Å². The molecule has 0 saturated heterocycles. The zero-order valence-corrected chi connectivity index (χ0v) is 14.8. The van der Waals surface area contributed by atoms with Gasteiger partial charge in [-0.2, -0.15) is 0 Å². The topological polar surface area (TPSA) is 51.1 Å². The lowest BCUT2D eigenvalue weighted by atomic mass is 10.1. The lowest BCUT2D eigenvalue weighted by molar-refractivity contribution is 0.102. The maximum absolute atomic E-state index is 12.6. The number of pyridine rings is 1. The van der Waals surface area contributed by atoms with Crippen LogP contribution in [0.1, 0.15) is 21.7 Å². The number of aromatic nitrogens is 1. The fraction of sp³-hybridized carbons (Fsp3) is 0.100. The van der Waals surface area contributed by atoms with E-state index in [-0.39, 0.29) is 23.4 Å². The highest BCUT2D eigenvalue weighted by Gasteiger charge is 2.18. The third kappa shape index (κ3) is 3.80. The highest BCUT2D eigenvalue weighted by atomic mass is 35.5. The van der Waals surface area contributed by atoms with Crippen LogP contribution in [0.15, 0.2) is 71.5 Å². The van der Waals surface area contributed by atoms with Gasteiger partial charge in [-0.05, 0) is 38.1 Å². The second-order valence-electron chi connectivity index (χ2n) is 5.60. The van der Waals surface area contributed by atoms with Crippen molar-refractivity contribution in [3.63, 3.8) is 0 Å². The zero-order valence-electron chi connectivity index (χ0n) is 14.0. The summed E-state index contributed by atoms with van der Waals surface area (Å²) in [4.78, 5) is 25.0. The molecule has 0 radical (unpaired) electrons. The fourth-order valence-corrected chi connectivity index (χ4v) is 2.85. The van der Waals surface area contributed by atoms with Crippen LogP contribution in [0, 0.1) is 13.8 Å². The number of para-hydroxylation sites is 2. The summed E-state index contributed by atoms with van der Waals surface area (Å²) in [6.45, 7) is 3.65. The van der Waals surface area contributed by atoms with Gasteiger partial charge in [0.1, 0.15) is 5.56 Å². The van der Waals surface area contributed by atoms with Crippen LogP contribution in [-0.4, -0.2) is 10.5 Å². The van der Waals surface area contributed by atoms with Gasteiger partial charge in [0.15, 0.2) is 5.43 Å². The average molecular weight is 355 g/mol. The molecule has 1 heterocycles. The first-order chi connectivity index (χ1) is 11.6. The number of hydrogen-bond acceptors (Lipinski definition) is 2. The van der Waals surface area contributed by atoms with Crippen molar-refractivity contribution in [2.45, 2.75) is 13.8 Å². The van der Waals surface area contributed by atoms with E-state index in [1.165, 1.54) is 6.07 Å². The van der Waals surface area contributed by atoms with Gasteiger partial charge in [0.25, 0.3) is 5.91 Å². The lowest BCUT2D eigenvalue weighted by Crippen LogP contribution is -2.26. The second-order valence-corrected chi connectivity index (χ2v) is 5.60. The van der Waals surface area contributed by atoms with Gasteiger partial charge in [0.2, 0.25) is 0 Å². The molecule has 0 aliphatic rings. The second kappa shape index (κ2) is 7.81. The molecule has 4 nitrogen and oxygen atoms in total. The van der Waals surface area contributed by atoms with Crippen molar-refractivity contribution < 1.29 is 4.79 Å². The molecule has 3 rings (SSSR count). The van der Waals surface area contributed by atoms with Crippen molar-refractivity contribution in [2.24, 2.45) is 0 Å². The number of amides is 1. The van der Waals surface area contributed by atoms with E-state index in [0.717, 1.165) is 11.4 Å². The smallest absolute Gasteiger partial charge is 0.261 e. The number of rotatable bonds is 3. The predicted octanol–water partition coefficient (Wildman–Crippen LogP) is 4.13. The van der Waals surface area contributed by atoms with E-state index in [1.54, 1.807) is 19.1 Å². The summed E-state index contributed by atoms with van der Waals surface area (Å²) in [5, 5.41) is 2.79. The molecule has 0 saturated carbocycles. The van der Waals surface area contributed by atoms with Crippen molar-refractivity contribution in [3.8, 4) is 5.69 Å². The summed E-state index contributed by atoms with van der Waals surface area (Å²) in [6, 6.07) is 20.3.